The normalized spacial score (nSPS) is 30.3. The largest absolute Gasteiger partial charge is 0.355 e. The first-order valence-corrected chi connectivity index (χ1v) is 7.09. The molecule has 0 spiro atoms. The Hall–Kier alpha value is -1.32. The van der Waals surface area contributed by atoms with Crippen molar-refractivity contribution in [3.63, 3.8) is 0 Å². The van der Waals surface area contributed by atoms with Gasteiger partial charge in [-0.1, -0.05) is 12.8 Å². The number of fused-ring (bicyclic) bond motifs is 1. The van der Waals surface area contributed by atoms with Crippen LogP contribution in [0.2, 0.25) is 0 Å². The Morgan fingerprint density at radius 3 is 3.17 bits per heavy atom. The number of carbonyl (C=O) groups is 1. The van der Waals surface area contributed by atoms with Gasteiger partial charge in [0.15, 0.2) is 0 Å². The smallest absolute Gasteiger partial charge is 0.223 e. The molecule has 0 radical (unpaired) electrons. The van der Waals surface area contributed by atoms with Crippen LogP contribution in [0.5, 0.6) is 0 Å². The molecule has 1 aromatic heterocycles. The number of aromatic amines is 1. The van der Waals surface area contributed by atoms with Gasteiger partial charge in [0.2, 0.25) is 5.91 Å². The average molecular weight is 247 g/mol. The van der Waals surface area contributed by atoms with Gasteiger partial charge in [0.05, 0.1) is 6.33 Å². The Kier molecular flexibility index (Phi) is 3.35. The van der Waals surface area contributed by atoms with Crippen molar-refractivity contribution in [2.45, 2.75) is 38.5 Å². The van der Waals surface area contributed by atoms with Gasteiger partial charge < -0.3 is 10.3 Å². The highest BCUT2D eigenvalue weighted by Gasteiger charge is 2.42. The molecule has 3 rings (SSSR count). The molecule has 2 aliphatic carbocycles. The second kappa shape index (κ2) is 5.12. The molecule has 2 fully saturated rings. The summed E-state index contributed by atoms with van der Waals surface area (Å²) in [5.41, 5.74) is 1.08. The van der Waals surface area contributed by atoms with E-state index >= 15 is 0 Å². The Bertz CT molecular complexity index is 401. The van der Waals surface area contributed by atoms with E-state index in [1.165, 1.54) is 25.7 Å². The molecule has 3 atom stereocenters. The van der Waals surface area contributed by atoms with Crippen LogP contribution in [-0.2, 0) is 11.2 Å². The van der Waals surface area contributed by atoms with Gasteiger partial charge in [0, 0.05) is 30.8 Å². The molecule has 1 aromatic rings. The Labute approximate surface area is 108 Å². The Morgan fingerprint density at radius 1 is 1.39 bits per heavy atom. The third kappa shape index (κ3) is 2.28. The summed E-state index contributed by atoms with van der Waals surface area (Å²) in [4.78, 5) is 19.2. The van der Waals surface area contributed by atoms with Gasteiger partial charge in [-0.05, 0) is 31.1 Å². The summed E-state index contributed by atoms with van der Waals surface area (Å²) in [6.07, 6.45) is 10.6. The topological polar surface area (TPSA) is 57.8 Å². The molecule has 1 amide bonds. The van der Waals surface area contributed by atoms with E-state index in [1.807, 2.05) is 6.20 Å². The lowest BCUT2D eigenvalue weighted by atomic mass is 9.91. The number of nitrogens with one attached hydrogen (secondary N) is 2. The molecule has 0 aromatic carbocycles. The van der Waals surface area contributed by atoms with Crippen LogP contribution in [0.15, 0.2) is 12.5 Å². The van der Waals surface area contributed by atoms with E-state index in [0.717, 1.165) is 31.0 Å². The number of amides is 1. The fraction of sp³-hybridized carbons (Fsp3) is 0.714. The predicted octanol–water partition coefficient (Wildman–Crippen LogP) is 1.89. The quantitative estimate of drug-likeness (QED) is 0.853. The molecular weight excluding hydrogens is 226 g/mol. The number of carbonyl (C=O) groups excluding carboxylic acids is 1. The van der Waals surface area contributed by atoms with Crippen LogP contribution in [0.3, 0.4) is 0 Å². The third-order valence-corrected chi connectivity index (χ3v) is 4.67. The van der Waals surface area contributed by atoms with E-state index < -0.39 is 0 Å². The molecule has 4 nitrogen and oxygen atoms in total. The number of nitrogens with zero attached hydrogens (tertiary/aromatic N) is 1. The second-order valence-electron chi connectivity index (χ2n) is 5.66. The van der Waals surface area contributed by atoms with Crippen molar-refractivity contribution in [2.24, 2.45) is 17.8 Å². The number of hydrogen-bond donors (Lipinski definition) is 2. The summed E-state index contributed by atoms with van der Waals surface area (Å²) in [6, 6.07) is 0. The SMILES string of the molecule is O=C(NCCc1cnc[nH]1)[C@H]1CC[C@@H]2CCC[C@@H]21. The van der Waals surface area contributed by atoms with Crippen LogP contribution in [-0.4, -0.2) is 22.4 Å². The van der Waals surface area contributed by atoms with Crippen LogP contribution < -0.4 is 5.32 Å². The van der Waals surface area contributed by atoms with Crippen molar-refractivity contribution < 1.29 is 4.79 Å². The lowest BCUT2D eigenvalue weighted by Gasteiger charge is -2.17. The van der Waals surface area contributed by atoms with E-state index in [4.69, 9.17) is 0 Å². The van der Waals surface area contributed by atoms with E-state index in [-0.39, 0.29) is 5.91 Å². The fourth-order valence-electron chi connectivity index (χ4n) is 3.76. The highest BCUT2D eigenvalue weighted by Crippen LogP contribution is 2.47. The van der Waals surface area contributed by atoms with Crippen molar-refractivity contribution in [1.29, 1.82) is 0 Å². The molecule has 2 aliphatic rings. The zero-order valence-electron chi connectivity index (χ0n) is 10.7. The first-order valence-electron chi connectivity index (χ1n) is 7.09. The molecule has 2 saturated carbocycles. The van der Waals surface area contributed by atoms with Crippen molar-refractivity contribution >= 4 is 5.91 Å². The molecule has 0 bridgehead atoms. The maximum absolute atomic E-state index is 12.2. The maximum atomic E-state index is 12.2. The fourth-order valence-corrected chi connectivity index (χ4v) is 3.76. The minimum Gasteiger partial charge on any atom is -0.355 e. The van der Waals surface area contributed by atoms with Crippen LogP contribution in [0.25, 0.3) is 0 Å². The lowest BCUT2D eigenvalue weighted by Crippen LogP contribution is -2.34. The van der Waals surface area contributed by atoms with Crippen LogP contribution in [0, 0.1) is 17.8 Å². The van der Waals surface area contributed by atoms with Gasteiger partial charge in [-0.2, -0.15) is 0 Å². The summed E-state index contributed by atoms with van der Waals surface area (Å²) in [5.74, 6) is 2.09. The standard InChI is InChI=1S/C14H21N3O/c18-14(16-7-6-11-8-15-9-17-11)13-5-4-10-2-1-3-12(10)13/h8-10,12-13H,1-7H2,(H,15,17)(H,16,18)/t10-,12-,13-/m0/s1. The molecule has 2 N–H and O–H groups in total. The second-order valence-corrected chi connectivity index (χ2v) is 5.66. The van der Waals surface area contributed by atoms with Gasteiger partial charge in [-0.25, -0.2) is 4.98 Å². The number of hydrogen-bond acceptors (Lipinski definition) is 2. The number of H-pyrrole nitrogens is 1. The van der Waals surface area contributed by atoms with Gasteiger partial charge in [0.25, 0.3) is 0 Å². The Balaban J connectivity index is 1.47. The van der Waals surface area contributed by atoms with Gasteiger partial charge in [0.1, 0.15) is 0 Å². The number of rotatable bonds is 4. The Morgan fingerprint density at radius 2 is 2.33 bits per heavy atom. The summed E-state index contributed by atoms with van der Waals surface area (Å²) in [7, 11) is 0. The van der Waals surface area contributed by atoms with Crippen molar-refractivity contribution in [3.8, 4) is 0 Å². The summed E-state index contributed by atoms with van der Waals surface area (Å²) in [6.45, 7) is 0.717. The first kappa shape index (κ1) is 11.8. The van der Waals surface area contributed by atoms with Crippen molar-refractivity contribution in [2.75, 3.05) is 6.54 Å². The molecule has 0 saturated heterocycles. The van der Waals surface area contributed by atoms with Crippen LogP contribution in [0.1, 0.15) is 37.8 Å². The van der Waals surface area contributed by atoms with E-state index in [0.29, 0.717) is 11.8 Å². The van der Waals surface area contributed by atoms with Crippen molar-refractivity contribution in [3.05, 3.63) is 18.2 Å². The summed E-state index contributed by atoms with van der Waals surface area (Å²) < 4.78 is 0. The highest BCUT2D eigenvalue weighted by atomic mass is 16.1. The molecule has 1 heterocycles. The van der Waals surface area contributed by atoms with Crippen LogP contribution >= 0.6 is 0 Å². The molecule has 18 heavy (non-hydrogen) atoms. The number of imidazole rings is 1. The molecule has 0 unspecified atom stereocenters. The predicted molar refractivity (Wildman–Crippen MR) is 68.9 cm³/mol. The van der Waals surface area contributed by atoms with Crippen molar-refractivity contribution in [1.82, 2.24) is 15.3 Å². The van der Waals surface area contributed by atoms with Gasteiger partial charge in [-0.15, -0.1) is 0 Å². The zero-order chi connectivity index (χ0) is 12.4. The monoisotopic (exact) mass is 247 g/mol. The maximum Gasteiger partial charge on any atom is 0.223 e. The molecular formula is C14H21N3O. The highest BCUT2D eigenvalue weighted by molar-refractivity contribution is 5.79. The van der Waals surface area contributed by atoms with Gasteiger partial charge >= 0.3 is 0 Å². The molecule has 98 valence electrons. The third-order valence-electron chi connectivity index (χ3n) is 4.67. The minimum absolute atomic E-state index is 0.281. The lowest BCUT2D eigenvalue weighted by molar-refractivity contribution is -0.126. The molecule has 0 aliphatic heterocycles. The van der Waals surface area contributed by atoms with E-state index in [9.17, 15) is 4.79 Å². The van der Waals surface area contributed by atoms with Gasteiger partial charge in [-0.3, -0.25) is 4.79 Å². The molecule has 4 heteroatoms. The summed E-state index contributed by atoms with van der Waals surface area (Å²) in [5, 5.41) is 3.09. The van der Waals surface area contributed by atoms with E-state index in [2.05, 4.69) is 15.3 Å². The minimum atomic E-state index is 0.281. The zero-order valence-corrected chi connectivity index (χ0v) is 10.7. The average Bonchev–Trinajstić information content (AvgIpc) is 3.05. The summed E-state index contributed by atoms with van der Waals surface area (Å²) >= 11 is 0. The van der Waals surface area contributed by atoms with Crippen LogP contribution in [0.4, 0.5) is 0 Å². The van der Waals surface area contributed by atoms with E-state index in [1.54, 1.807) is 6.33 Å². The number of aromatic nitrogens is 2. The first-order chi connectivity index (χ1) is 8.84.